The monoisotopic (exact) mass is 375 g/mol. The van der Waals surface area contributed by atoms with Crippen LogP contribution in [0.4, 0.5) is 5.00 Å². The third-order valence-electron chi connectivity index (χ3n) is 3.85. The Labute approximate surface area is 158 Å². The van der Waals surface area contributed by atoms with E-state index in [-0.39, 0.29) is 12.0 Å². The van der Waals surface area contributed by atoms with Gasteiger partial charge in [-0.25, -0.2) is 4.79 Å². The lowest BCUT2D eigenvalue weighted by Gasteiger charge is -2.17. The number of rotatable bonds is 7. The molecule has 140 valence electrons. The molecule has 0 aliphatic rings. The van der Waals surface area contributed by atoms with Gasteiger partial charge in [-0.05, 0) is 51.8 Å². The molecule has 2 aromatic rings. The van der Waals surface area contributed by atoms with Gasteiger partial charge in [-0.3, -0.25) is 4.79 Å². The highest BCUT2D eigenvalue weighted by Crippen LogP contribution is 2.33. The summed E-state index contributed by atoms with van der Waals surface area (Å²) in [6.07, 6.45) is -0.361. The molecule has 0 bridgehead atoms. The SMILES string of the molecule is CC[C@H](Oc1ccccc1)C(=O)Nc1sc(C)c(C)c1C(=O)OC(C)C. The van der Waals surface area contributed by atoms with Gasteiger partial charge in [0.25, 0.3) is 5.91 Å². The van der Waals surface area contributed by atoms with Crippen LogP contribution in [0.25, 0.3) is 0 Å². The number of hydrogen-bond acceptors (Lipinski definition) is 5. The first-order valence-electron chi connectivity index (χ1n) is 8.67. The lowest BCUT2D eigenvalue weighted by atomic mass is 10.1. The maximum Gasteiger partial charge on any atom is 0.341 e. The number of carbonyl (C=O) groups excluding carboxylic acids is 2. The summed E-state index contributed by atoms with van der Waals surface area (Å²) in [6.45, 7) is 9.25. The first-order valence-corrected chi connectivity index (χ1v) is 9.48. The zero-order valence-electron chi connectivity index (χ0n) is 15.8. The first kappa shape index (κ1) is 20.0. The van der Waals surface area contributed by atoms with Gasteiger partial charge in [-0.1, -0.05) is 25.1 Å². The number of esters is 1. The second kappa shape index (κ2) is 8.85. The molecule has 26 heavy (non-hydrogen) atoms. The lowest BCUT2D eigenvalue weighted by molar-refractivity contribution is -0.122. The van der Waals surface area contributed by atoms with E-state index in [9.17, 15) is 9.59 Å². The average molecular weight is 375 g/mol. The second-order valence-electron chi connectivity index (χ2n) is 6.26. The van der Waals surface area contributed by atoms with Crippen LogP contribution in [0.3, 0.4) is 0 Å². The lowest BCUT2D eigenvalue weighted by Crippen LogP contribution is -2.32. The largest absolute Gasteiger partial charge is 0.481 e. The normalized spacial score (nSPS) is 11.9. The van der Waals surface area contributed by atoms with E-state index < -0.39 is 12.1 Å². The summed E-state index contributed by atoms with van der Waals surface area (Å²) in [4.78, 5) is 26.1. The van der Waals surface area contributed by atoms with Crippen molar-refractivity contribution in [3.8, 4) is 5.75 Å². The molecule has 0 spiro atoms. The van der Waals surface area contributed by atoms with E-state index in [1.54, 1.807) is 26.0 Å². The van der Waals surface area contributed by atoms with E-state index >= 15 is 0 Å². The molecule has 1 amide bonds. The molecule has 0 saturated heterocycles. The molecule has 0 unspecified atom stereocenters. The highest BCUT2D eigenvalue weighted by atomic mass is 32.1. The van der Waals surface area contributed by atoms with Crippen molar-refractivity contribution in [2.45, 2.75) is 53.2 Å². The minimum atomic E-state index is -0.644. The Balaban J connectivity index is 2.19. The van der Waals surface area contributed by atoms with E-state index in [1.807, 2.05) is 39.0 Å². The average Bonchev–Trinajstić information content (AvgIpc) is 2.86. The van der Waals surface area contributed by atoms with Gasteiger partial charge in [0.2, 0.25) is 0 Å². The molecule has 0 radical (unpaired) electrons. The molecule has 1 atom stereocenters. The molecular formula is C20H25NO4S. The van der Waals surface area contributed by atoms with Crippen molar-refractivity contribution in [1.82, 2.24) is 0 Å². The Hall–Kier alpha value is -2.34. The third-order valence-corrected chi connectivity index (χ3v) is 4.98. The van der Waals surface area contributed by atoms with Gasteiger partial charge in [-0.15, -0.1) is 11.3 Å². The molecular weight excluding hydrogens is 350 g/mol. The van der Waals surface area contributed by atoms with Crippen LogP contribution in [0.15, 0.2) is 30.3 Å². The van der Waals surface area contributed by atoms with Crippen molar-refractivity contribution in [2.24, 2.45) is 0 Å². The van der Waals surface area contributed by atoms with Crippen molar-refractivity contribution in [3.63, 3.8) is 0 Å². The third kappa shape index (κ3) is 4.85. The van der Waals surface area contributed by atoms with E-state index in [2.05, 4.69) is 5.32 Å². The smallest absolute Gasteiger partial charge is 0.341 e. The van der Waals surface area contributed by atoms with E-state index in [4.69, 9.17) is 9.47 Å². The van der Waals surface area contributed by atoms with Crippen LogP contribution in [0, 0.1) is 13.8 Å². The quantitative estimate of drug-likeness (QED) is 0.711. The molecule has 1 aromatic carbocycles. The van der Waals surface area contributed by atoms with Crippen molar-refractivity contribution in [2.75, 3.05) is 5.32 Å². The molecule has 1 aromatic heterocycles. The molecule has 5 nitrogen and oxygen atoms in total. The zero-order valence-corrected chi connectivity index (χ0v) is 16.6. The van der Waals surface area contributed by atoms with Crippen LogP contribution < -0.4 is 10.1 Å². The summed E-state index contributed by atoms with van der Waals surface area (Å²) in [6, 6.07) is 9.21. The minimum absolute atomic E-state index is 0.226. The Bertz CT molecular complexity index is 768. The Kier molecular flexibility index (Phi) is 6.80. The van der Waals surface area contributed by atoms with Gasteiger partial charge in [0, 0.05) is 4.88 Å². The molecule has 1 N–H and O–H groups in total. The Morgan fingerprint density at radius 1 is 1.15 bits per heavy atom. The van der Waals surface area contributed by atoms with E-state index in [0.717, 1.165) is 10.4 Å². The van der Waals surface area contributed by atoms with Gasteiger partial charge in [-0.2, -0.15) is 0 Å². The molecule has 0 saturated carbocycles. The molecule has 2 rings (SSSR count). The number of ether oxygens (including phenoxy) is 2. The van der Waals surface area contributed by atoms with Crippen molar-refractivity contribution >= 4 is 28.2 Å². The molecule has 0 aliphatic heterocycles. The van der Waals surface area contributed by atoms with Gasteiger partial charge in [0.1, 0.15) is 10.8 Å². The van der Waals surface area contributed by atoms with Crippen LogP contribution in [-0.4, -0.2) is 24.1 Å². The fraction of sp³-hybridized carbons (Fsp3) is 0.400. The van der Waals surface area contributed by atoms with Gasteiger partial charge in [0.15, 0.2) is 6.10 Å². The topological polar surface area (TPSA) is 64.6 Å². The van der Waals surface area contributed by atoms with Crippen LogP contribution in [0.5, 0.6) is 5.75 Å². The highest BCUT2D eigenvalue weighted by Gasteiger charge is 2.26. The second-order valence-corrected chi connectivity index (χ2v) is 7.48. The van der Waals surface area contributed by atoms with Crippen molar-refractivity contribution in [1.29, 1.82) is 0 Å². The molecule has 6 heteroatoms. The number of nitrogens with one attached hydrogen (secondary N) is 1. The van der Waals surface area contributed by atoms with E-state index in [1.165, 1.54) is 11.3 Å². The van der Waals surface area contributed by atoms with Crippen LogP contribution in [-0.2, 0) is 9.53 Å². The highest BCUT2D eigenvalue weighted by molar-refractivity contribution is 7.16. The Morgan fingerprint density at radius 2 is 1.81 bits per heavy atom. The summed E-state index contributed by atoms with van der Waals surface area (Å²) < 4.78 is 11.1. The van der Waals surface area contributed by atoms with Crippen molar-refractivity contribution < 1.29 is 19.1 Å². The number of thiophene rings is 1. The summed E-state index contributed by atoms with van der Waals surface area (Å²) in [7, 11) is 0. The first-order chi connectivity index (χ1) is 12.3. The molecule has 0 fully saturated rings. The number of benzene rings is 1. The summed E-state index contributed by atoms with van der Waals surface area (Å²) >= 11 is 1.37. The van der Waals surface area contributed by atoms with Crippen LogP contribution in [0.2, 0.25) is 0 Å². The Morgan fingerprint density at radius 3 is 2.38 bits per heavy atom. The number of hydrogen-bond donors (Lipinski definition) is 1. The van der Waals surface area contributed by atoms with Crippen LogP contribution in [0.1, 0.15) is 48.0 Å². The standard InChI is InChI=1S/C20H25NO4S/c1-6-16(25-15-10-8-7-9-11-15)18(22)21-19-17(13(4)14(5)26-19)20(23)24-12(2)3/h7-12,16H,6H2,1-5H3,(H,21,22)/t16-/m0/s1. The predicted molar refractivity (Wildman–Crippen MR) is 104 cm³/mol. The predicted octanol–water partition coefficient (Wildman–Crippen LogP) is 4.73. The number of carbonyl (C=O) groups is 2. The van der Waals surface area contributed by atoms with Crippen molar-refractivity contribution in [3.05, 3.63) is 46.3 Å². The fourth-order valence-electron chi connectivity index (χ4n) is 2.41. The summed E-state index contributed by atoms with van der Waals surface area (Å²) in [5, 5.41) is 3.36. The maximum absolute atomic E-state index is 12.7. The van der Waals surface area contributed by atoms with Gasteiger partial charge in [0.05, 0.1) is 11.7 Å². The summed E-state index contributed by atoms with van der Waals surface area (Å²) in [5.41, 5.74) is 1.25. The van der Waals surface area contributed by atoms with Gasteiger partial charge < -0.3 is 14.8 Å². The number of anilines is 1. The molecule has 0 aliphatic carbocycles. The fourth-order valence-corrected chi connectivity index (χ4v) is 3.46. The number of para-hydroxylation sites is 1. The minimum Gasteiger partial charge on any atom is -0.481 e. The summed E-state index contributed by atoms with van der Waals surface area (Å²) in [5.74, 6) is -0.0714. The van der Waals surface area contributed by atoms with E-state index in [0.29, 0.717) is 22.7 Å². The zero-order chi connectivity index (χ0) is 19.3. The van der Waals surface area contributed by atoms with Gasteiger partial charge >= 0.3 is 5.97 Å². The van der Waals surface area contributed by atoms with Crippen LogP contribution >= 0.6 is 11.3 Å². The maximum atomic E-state index is 12.7. The number of amides is 1. The number of aryl methyl sites for hydroxylation is 1. The molecule has 1 heterocycles.